The standard InChI is InChI=1S/C28H28N8O3/c1-14-7-15(2)30-24(29-14)13-23(37)20-10-21(25(38)35-27-31-16(3)8-17(4)32-27)12-22(11-20)26(39)36-28-33-18(5)9-19(6)34-28/h7-12H,13H2,1-6H3,(H,31,32,35,38)(H,33,34,36,39). The minimum absolute atomic E-state index is 0.0800. The summed E-state index contributed by atoms with van der Waals surface area (Å²) in [6.45, 7) is 10.8. The molecule has 0 saturated heterocycles. The SMILES string of the molecule is Cc1cc(C)nc(CC(=O)c2cc(C(=O)Nc3nc(C)cc(C)n3)cc(C(=O)Nc3nc(C)cc(C)n3)c2)n1. The number of aromatic nitrogens is 6. The molecule has 0 spiro atoms. The molecule has 39 heavy (non-hydrogen) atoms. The third kappa shape index (κ3) is 7.10. The lowest BCUT2D eigenvalue weighted by atomic mass is 10.00. The van der Waals surface area contributed by atoms with E-state index in [1.54, 1.807) is 39.8 Å². The van der Waals surface area contributed by atoms with Gasteiger partial charge in [-0.05, 0) is 77.9 Å². The molecule has 0 atom stereocenters. The maximum Gasteiger partial charge on any atom is 0.258 e. The summed E-state index contributed by atoms with van der Waals surface area (Å²) < 4.78 is 0. The number of benzene rings is 1. The zero-order valence-electron chi connectivity index (χ0n) is 22.6. The minimum Gasteiger partial charge on any atom is -0.294 e. The minimum atomic E-state index is -0.575. The van der Waals surface area contributed by atoms with Gasteiger partial charge in [-0.15, -0.1) is 0 Å². The summed E-state index contributed by atoms with van der Waals surface area (Å²) in [7, 11) is 0. The highest BCUT2D eigenvalue weighted by Crippen LogP contribution is 2.17. The summed E-state index contributed by atoms with van der Waals surface area (Å²) in [4.78, 5) is 65.3. The van der Waals surface area contributed by atoms with E-state index in [4.69, 9.17) is 0 Å². The molecule has 4 rings (SSSR count). The summed E-state index contributed by atoms with van der Waals surface area (Å²) >= 11 is 0. The van der Waals surface area contributed by atoms with Gasteiger partial charge in [0.25, 0.3) is 11.8 Å². The van der Waals surface area contributed by atoms with Gasteiger partial charge in [0.05, 0.1) is 6.42 Å². The Kier molecular flexibility index (Phi) is 7.80. The normalized spacial score (nSPS) is 10.7. The molecule has 0 bridgehead atoms. The molecule has 0 saturated carbocycles. The maximum absolute atomic E-state index is 13.3. The first kappa shape index (κ1) is 27.1. The van der Waals surface area contributed by atoms with E-state index >= 15 is 0 Å². The first-order valence-corrected chi connectivity index (χ1v) is 12.2. The summed E-state index contributed by atoms with van der Waals surface area (Å²) in [5.41, 5.74) is 4.52. The zero-order chi connectivity index (χ0) is 28.3. The number of hydrogen-bond donors (Lipinski definition) is 2. The third-order valence-corrected chi connectivity index (χ3v) is 5.54. The smallest absolute Gasteiger partial charge is 0.258 e. The first-order valence-electron chi connectivity index (χ1n) is 12.2. The third-order valence-electron chi connectivity index (χ3n) is 5.54. The Morgan fingerprint density at radius 3 is 1.23 bits per heavy atom. The molecule has 0 radical (unpaired) electrons. The van der Waals surface area contributed by atoms with Crippen LogP contribution in [0.4, 0.5) is 11.9 Å². The van der Waals surface area contributed by atoms with Crippen molar-refractivity contribution in [3.8, 4) is 0 Å². The Hall–Kier alpha value is -4.93. The number of nitrogens with zero attached hydrogens (tertiary/aromatic N) is 6. The van der Waals surface area contributed by atoms with Crippen LogP contribution in [0, 0.1) is 41.5 Å². The number of hydrogen-bond acceptors (Lipinski definition) is 9. The van der Waals surface area contributed by atoms with Crippen LogP contribution >= 0.6 is 0 Å². The van der Waals surface area contributed by atoms with Gasteiger partial charge in [-0.1, -0.05) is 0 Å². The van der Waals surface area contributed by atoms with Gasteiger partial charge < -0.3 is 0 Å². The predicted octanol–water partition coefficient (Wildman–Crippen LogP) is 3.84. The van der Waals surface area contributed by atoms with Crippen LogP contribution in [-0.2, 0) is 6.42 Å². The van der Waals surface area contributed by atoms with E-state index in [-0.39, 0.29) is 40.8 Å². The first-order chi connectivity index (χ1) is 18.4. The topological polar surface area (TPSA) is 153 Å². The average molecular weight is 525 g/mol. The van der Waals surface area contributed by atoms with Crippen LogP contribution in [-0.4, -0.2) is 47.5 Å². The largest absolute Gasteiger partial charge is 0.294 e. The van der Waals surface area contributed by atoms with Gasteiger partial charge in [-0.25, -0.2) is 29.9 Å². The van der Waals surface area contributed by atoms with Gasteiger partial charge >= 0.3 is 0 Å². The van der Waals surface area contributed by atoms with E-state index in [1.165, 1.54) is 18.2 Å². The van der Waals surface area contributed by atoms with Gasteiger partial charge in [-0.2, -0.15) is 0 Å². The Bertz CT molecular complexity index is 1350. The second-order valence-corrected chi connectivity index (χ2v) is 9.32. The number of ketones is 1. The maximum atomic E-state index is 13.3. The van der Waals surface area contributed by atoms with Crippen molar-refractivity contribution in [2.45, 2.75) is 48.0 Å². The number of amides is 2. The van der Waals surface area contributed by atoms with Crippen LogP contribution in [0.1, 0.15) is 71.1 Å². The van der Waals surface area contributed by atoms with Crippen molar-refractivity contribution in [1.82, 2.24) is 29.9 Å². The van der Waals surface area contributed by atoms with Gasteiger partial charge in [-0.3, -0.25) is 25.0 Å². The van der Waals surface area contributed by atoms with Crippen LogP contribution in [0.15, 0.2) is 36.4 Å². The monoisotopic (exact) mass is 524 g/mol. The second-order valence-electron chi connectivity index (χ2n) is 9.32. The van der Waals surface area contributed by atoms with Gasteiger partial charge in [0.15, 0.2) is 5.78 Å². The molecule has 0 aliphatic carbocycles. The summed E-state index contributed by atoms with van der Waals surface area (Å²) in [5.74, 6) is -0.914. The number of nitrogens with one attached hydrogen (secondary N) is 2. The molecule has 0 unspecified atom stereocenters. The van der Waals surface area contributed by atoms with Crippen molar-refractivity contribution < 1.29 is 14.4 Å². The summed E-state index contributed by atoms with van der Waals surface area (Å²) in [5, 5.41) is 5.30. The zero-order valence-corrected chi connectivity index (χ0v) is 22.6. The van der Waals surface area contributed by atoms with Crippen LogP contribution in [0.2, 0.25) is 0 Å². The summed E-state index contributed by atoms with van der Waals surface area (Å²) in [6.07, 6.45) is -0.102. The quantitative estimate of drug-likeness (QED) is 0.343. The molecule has 11 nitrogen and oxygen atoms in total. The van der Waals surface area contributed by atoms with Crippen molar-refractivity contribution in [3.05, 3.63) is 93.1 Å². The van der Waals surface area contributed by atoms with Crippen LogP contribution in [0.3, 0.4) is 0 Å². The van der Waals surface area contributed by atoms with E-state index in [0.717, 1.165) is 11.4 Å². The predicted molar refractivity (Wildman–Crippen MR) is 145 cm³/mol. The second kappa shape index (κ2) is 11.2. The molecule has 0 aliphatic heterocycles. The Labute approximate surface area is 225 Å². The molecule has 4 aromatic rings. The van der Waals surface area contributed by atoms with Crippen molar-refractivity contribution in [2.24, 2.45) is 0 Å². The van der Waals surface area contributed by atoms with E-state index < -0.39 is 11.8 Å². The fourth-order valence-electron chi connectivity index (χ4n) is 4.09. The van der Waals surface area contributed by atoms with E-state index in [2.05, 4.69) is 40.5 Å². The van der Waals surface area contributed by atoms with Crippen molar-refractivity contribution in [3.63, 3.8) is 0 Å². The highest BCUT2D eigenvalue weighted by atomic mass is 16.2. The number of rotatable bonds is 7. The number of carbonyl (C=O) groups excluding carboxylic acids is 3. The van der Waals surface area contributed by atoms with Crippen molar-refractivity contribution in [1.29, 1.82) is 0 Å². The Balaban J connectivity index is 1.69. The number of Topliss-reactive ketones (excluding diaryl/α,β-unsaturated/α-hetero) is 1. The highest BCUT2D eigenvalue weighted by Gasteiger charge is 2.19. The lowest BCUT2D eigenvalue weighted by Gasteiger charge is -2.11. The van der Waals surface area contributed by atoms with Crippen LogP contribution in [0.5, 0.6) is 0 Å². The molecule has 1 aromatic carbocycles. The van der Waals surface area contributed by atoms with E-state index in [0.29, 0.717) is 28.6 Å². The molecule has 3 heterocycles. The lowest BCUT2D eigenvalue weighted by Crippen LogP contribution is -2.20. The molecule has 2 N–H and O–H groups in total. The molecule has 11 heteroatoms. The van der Waals surface area contributed by atoms with E-state index in [1.807, 2.05) is 19.9 Å². The van der Waals surface area contributed by atoms with Crippen molar-refractivity contribution >= 4 is 29.5 Å². The molecular formula is C28H28N8O3. The number of aryl methyl sites for hydroxylation is 6. The Morgan fingerprint density at radius 2 is 0.846 bits per heavy atom. The molecule has 0 aliphatic rings. The number of anilines is 2. The van der Waals surface area contributed by atoms with Crippen molar-refractivity contribution in [2.75, 3.05) is 10.6 Å². The van der Waals surface area contributed by atoms with Gasteiger partial charge in [0.1, 0.15) is 5.82 Å². The molecule has 0 fully saturated rings. The van der Waals surface area contributed by atoms with Gasteiger partial charge in [0, 0.05) is 50.9 Å². The van der Waals surface area contributed by atoms with Gasteiger partial charge in [0.2, 0.25) is 11.9 Å². The van der Waals surface area contributed by atoms with E-state index in [9.17, 15) is 14.4 Å². The lowest BCUT2D eigenvalue weighted by molar-refractivity contribution is 0.0990. The fraction of sp³-hybridized carbons (Fsp3) is 0.250. The Morgan fingerprint density at radius 1 is 0.513 bits per heavy atom. The fourth-order valence-corrected chi connectivity index (χ4v) is 4.09. The average Bonchev–Trinajstić information content (AvgIpc) is 2.81. The van der Waals surface area contributed by atoms with Crippen LogP contribution < -0.4 is 10.6 Å². The highest BCUT2D eigenvalue weighted by molar-refractivity contribution is 6.10. The molecule has 2 amide bonds. The summed E-state index contributed by atoms with van der Waals surface area (Å²) in [6, 6.07) is 9.61. The molecular weight excluding hydrogens is 496 g/mol. The number of carbonyl (C=O) groups is 3. The molecule has 198 valence electrons. The molecule has 3 aromatic heterocycles. The van der Waals surface area contributed by atoms with Crippen LogP contribution in [0.25, 0.3) is 0 Å².